The van der Waals surface area contributed by atoms with E-state index in [1.807, 2.05) is 4.90 Å². The fraction of sp³-hybridized carbons (Fsp3) is 0.625. The fourth-order valence-electron chi connectivity index (χ4n) is 2.08. The standard InChI is InChI=1S/C16H26N2O7/c19-6-10-23-8-4-17(5-9-24-12-13-25-11-7-20)15-2-1-3-16(14-15)18(21)22/h1-3,14,19-20H,4-13H2. The zero-order valence-electron chi connectivity index (χ0n) is 14.2. The molecule has 0 spiro atoms. The molecule has 0 saturated carbocycles. The van der Waals surface area contributed by atoms with Crippen molar-refractivity contribution < 1.29 is 29.3 Å². The summed E-state index contributed by atoms with van der Waals surface area (Å²) >= 11 is 0. The average molecular weight is 358 g/mol. The summed E-state index contributed by atoms with van der Waals surface area (Å²) in [5.41, 5.74) is 0.735. The van der Waals surface area contributed by atoms with Gasteiger partial charge in [-0.2, -0.15) is 0 Å². The summed E-state index contributed by atoms with van der Waals surface area (Å²) in [6.07, 6.45) is 0. The molecule has 0 bridgehead atoms. The van der Waals surface area contributed by atoms with Gasteiger partial charge in [-0.3, -0.25) is 10.1 Å². The van der Waals surface area contributed by atoms with Gasteiger partial charge in [0.1, 0.15) is 0 Å². The second-order valence-electron chi connectivity index (χ2n) is 5.05. The third-order valence-electron chi connectivity index (χ3n) is 3.26. The Morgan fingerprint density at radius 3 is 2.04 bits per heavy atom. The Kier molecular flexibility index (Phi) is 11.5. The Bertz CT molecular complexity index is 487. The Hall–Kier alpha value is -1.78. The molecule has 0 fully saturated rings. The van der Waals surface area contributed by atoms with E-state index in [0.29, 0.717) is 45.2 Å². The SMILES string of the molecule is O=[N+]([O-])c1cccc(N(CCOCCO)CCOCCOCCO)c1. The monoisotopic (exact) mass is 358 g/mol. The summed E-state index contributed by atoms with van der Waals surface area (Å²) < 4.78 is 15.8. The Morgan fingerprint density at radius 1 is 0.920 bits per heavy atom. The molecular formula is C16H26N2O7. The Morgan fingerprint density at radius 2 is 1.48 bits per heavy atom. The Balaban J connectivity index is 2.51. The number of anilines is 1. The summed E-state index contributed by atoms with van der Waals surface area (Å²) in [4.78, 5) is 12.4. The fourth-order valence-corrected chi connectivity index (χ4v) is 2.08. The first-order chi connectivity index (χ1) is 12.2. The first-order valence-corrected chi connectivity index (χ1v) is 8.13. The lowest BCUT2D eigenvalue weighted by Gasteiger charge is -2.24. The first kappa shape index (κ1) is 21.3. The third-order valence-corrected chi connectivity index (χ3v) is 3.26. The maximum absolute atomic E-state index is 10.9. The number of aliphatic hydroxyl groups is 2. The molecule has 9 heteroatoms. The van der Waals surface area contributed by atoms with Gasteiger partial charge in [0.05, 0.1) is 57.8 Å². The number of benzene rings is 1. The normalized spacial score (nSPS) is 10.8. The van der Waals surface area contributed by atoms with Gasteiger partial charge >= 0.3 is 0 Å². The van der Waals surface area contributed by atoms with E-state index in [-0.39, 0.29) is 32.1 Å². The zero-order chi connectivity index (χ0) is 18.3. The van der Waals surface area contributed by atoms with Crippen molar-refractivity contribution >= 4 is 11.4 Å². The van der Waals surface area contributed by atoms with Gasteiger partial charge in [0, 0.05) is 30.9 Å². The van der Waals surface area contributed by atoms with E-state index in [9.17, 15) is 10.1 Å². The molecule has 1 aromatic rings. The van der Waals surface area contributed by atoms with Crippen molar-refractivity contribution in [3.05, 3.63) is 34.4 Å². The Labute approximate surface area is 146 Å². The quantitative estimate of drug-likeness (QED) is 0.264. The molecule has 0 radical (unpaired) electrons. The van der Waals surface area contributed by atoms with Crippen LogP contribution in [0.5, 0.6) is 0 Å². The van der Waals surface area contributed by atoms with E-state index >= 15 is 0 Å². The molecule has 0 unspecified atom stereocenters. The number of nitro benzene ring substituents is 1. The molecule has 2 N–H and O–H groups in total. The number of hydrogen-bond donors (Lipinski definition) is 2. The number of nitro groups is 1. The minimum atomic E-state index is -0.432. The van der Waals surface area contributed by atoms with Crippen molar-refractivity contribution in [3.63, 3.8) is 0 Å². The summed E-state index contributed by atoms with van der Waals surface area (Å²) in [6, 6.07) is 6.39. The van der Waals surface area contributed by atoms with Crippen molar-refractivity contribution in [2.75, 3.05) is 70.8 Å². The highest BCUT2D eigenvalue weighted by atomic mass is 16.6. The lowest BCUT2D eigenvalue weighted by Crippen LogP contribution is -2.31. The molecule has 0 aliphatic carbocycles. The number of ether oxygens (including phenoxy) is 3. The third kappa shape index (κ3) is 9.32. The van der Waals surface area contributed by atoms with Crippen molar-refractivity contribution in [2.24, 2.45) is 0 Å². The minimum Gasteiger partial charge on any atom is -0.394 e. The van der Waals surface area contributed by atoms with Crippen LogP contribution >= 0.6 is 0 Å². The molecule has 0 aromatic heterocycles. The number of rotatable bonds is 15. The first-order valence-electron chi connectivity index (χ1n) is 8.13. The van der Waals surface area contributed by atoms with Gasteiger partial charge in [0.25, 0.3) is 5.69 Å². The van der Waals surface area contributed by atoms with E-state index in [0.717, 1.165) is 0 Å². The molecule has 9 nitrogen and oxygen atoms in total. The van der Waals surface area contributed by atoms with E-state index in [1.54, 1.807) is 12.1 Å². The molecule has 0 heterocycles. The number of aliphatic hydroxyl groups excluding tert-OH is 2. The molecule has 1 rings (SSSR count). The number of hydrogen-bond acceptors (Lipinski definition) is 8. The maximum Gasteiger partial charge on any atom is 0.271 e. The zero-order valence-corrected chi connectivity index (χ0v) is 14.2. The molecule has 0 aliphatic rings. The summed E-state index contributed by atoms with van der Waals surface area (Å²) in [5, 5.41) is 28.3. The van der Waals surface area contributed by atoms with Crippen LogP contribution in [0, 0.1) is 10.1 Å². The van der Waals surface area contributed by atoms with Crippen LogP contribution in [0.4, 0.5) is 11.4 Å². The molecule has 0 amide bonds. The largest absolute Gasteiger partial charge is 0.394 e. The van der Waals surface area contributed by atoms with E-state index in [1.165, 1.54) is 12.1 Å². The topological polar surface area (TPSA) is 115 Å². The predicted molar refractivity (Wildman–Crippen MR) is 91.9 cm³/mol. The molecule has 25 heavy (non-hydrogen) atoms. The smallest absolute Gasteiger partial charge is 0.271 e. The van der Waals surface area contributed by atoms with Gasteiger partial charge in [-0.1, -0.05) is 6.07 Å². The van der Waals surface area contributed by atoms with Crippen LogP contribution < -0.4 is 4.90 Å². The number of non-ortho nitro benzene ring substituents is 1. The lowest BCUT2D eigenvalue weighted by atomic mass is 10.2. The van der Waals surface area contributed by atoms with Gasteiger partial charge < -0.3 is 29.3 Å². The highest BCUT2D eigenvalue weighted by molar-refractivity contribution is 5.53. The van der Waals surface area contributed by atoms with Crippen LogP contribution in [0.15, 0.2) is 24.3 Å². The van der Waals surface area contributed by atoms with Crippen molar-refractivity contribution in [3.8, 4) is 0 Å². The molecule has 0 atom stereocenters. The molecule has 142 valence electrons. The molecule has 1 aromatic carbocycles. The van der Waals surface area contributed by atoms with Gasteiger partial charge in [-0.15, -0.1) is 0 Å². The van der Waals surface area contributed by atoms with Gasteiger partial charge in [-0.25, -0.2) is 0 Å². The average Bonchev–Trinajstić information content (AvgIpc) is 2.62. The molecule has 0 aliphatic heterocycles. The van der Waals surface area contributed by atoms with Crippen molar-refractivity contribution in [2.45, 2.75) is 0 Å². The summed E-state index contributed by atoms with van der Waals surface area (Å²) in [7, 11) is 0. The van der Waals surface area contributed by atoms with Crippen LogP contribution in [0.1, 0.15) is 0 Å². The van der Waals surface area contributed by atoms with E-state index in [2.05, 4.69) is 0 Å². The summed E-state index contributed by atoms with van der Waals surface area (Å²) in [6.45, 7) is 3.14. The molecule has 0 saturated heterocycles. The summed E-state index contributed by atoms with van der Waals surface area (Å²) in [5.74, 6) is 0. The van der Waals surface area contributed by atoms with Gasteiger partial charge in [0.2, 0.25) is 0 Å². The molecular weight excluding hydrogens is 332 g/mol. The minimum absolute atomic E-state index is 0.0194. The van der Waals surface area contributed by atoms with Gasteiger partial charge in [-0.05, 0) is 6.07 Å². The van der Waals surface area contributed by atoms with Crippen molar-refractivity contribution in [1.29, 1.82) is 0 Å². The maximum atomic E-state index is 10.9. The highest BCUT2D eigenvalue weighted by Crippen LogP contribution is 2.20. The lowest BCUT2D eigenvalue weighted by molar-refractivity contribution is -0.384. The van der Waals surface area contributed by atoms with Gasteiger partial charge in [0.15, 0.2) is 0 Å². The van der Waals surface area contributed by atoms with Crippen LogP contribution in [-0.2, 0) is 14.2 Å². The highest BCUT2D eigenvalue weighted by Gasteiger charge is 2.11. The van der Waals surface area contributed by atoms with Crippen molar-refractivity contribution in [1.82, 2.24) is 0 Å². The van der Waals surface area contributed by atoms with Crippen LogP contribution in [0.2, 0.25) is 0 Å². The van der Waals surface area contributed by atoms with E-state index < -0.39 is 4.92 Å². The second kappa shape index (κ2) is 13.5. The predicted octanol–water partition coefficient (Wildman–Crippen LogP) is 0.436. The second-order valence-corrected chi connectivity index (χ2v) is 5.05. The van der Waals surface area contributed by atoms with Crippen LogP contribution in [0.25, 0.3) is 0 Å². The van der Waals surface area contributed by atoms with Crippen LogP contribution in [-0.4, -0.2) is 81.1 Å². The van der Waals surface area contributed by atoms with Crippen LogP contribution in [0.3, 0.4) is 0 Å². The number of nitrogens with zero attached hydrogens (tertiary/aromatic N) is 2. The van der Waals surface area contributed by atoms with E-state index in [4.69, 9.17) is 24.4 Å².